The van der Waals surface area contributed by atoms with Gasteiger partial charge in [-0.15, -0.1) is 11.3 Å². The summed E-state index contributed by atoms with van der Waals surface area (Å²) in [5, 5.41) is 7.43. The summed E-state index contributed by atoms with van der Waals surface area (Å²) in [5.74, 6) is -0.364. The van der Waals surface area contributed by atoms with E-state index < -0.39 is 0 Å². The van der Waals surface area contributed by atoms with Crippen LogP contribution in [0.1, 0.15) is 22.8 Å². The monoisotopic (exact) mass is 396 g/mol. The third-order valence-electron chi connectivity index (χ3n) is 3.91. The maximum Gasteiger partial charge on any atom is 0.341 e. The average molecular weight is 397 g/mol. The Hall–Kier alpha value is -2.70. The van der Waals surface area contributed by atoms with Gasteiger partial charge >= 0.3 is 5.97 Å². The zero-order valence-electron chi connectivity index (χ0n) is 15.1. The van der Waals surface area contributed by atoms with E-state index in [-0.39, 0.29) is 5.97 Å². The first-order valence-electron chi connectivity index (χ1n) is 8.58. The lowest BCUT2D eigenvalue weighted by Crippen LogP contribution is -2.20. The standard InChI is InChI=1S/C21H20N2O2S2/c1-3-25-20(24)16-13-18(15-10-5-4-6-11-15)27-19(16)23-21(26)22-17-12-8-7-9-14(17)2/h4-13H,3H2,1-2H3,(H2,22,23,26). The lowest BCUT2D eigenvalue weighted by molar-refractivity contribution is 0.0528. The molecule has 0 fully saturated rings. The van der Waals surface area contributed by atoms with Gasteiger partial charge in [-0.2, -0.15) is 0 Å². The topological polar surface area (TPSA) is 50.4 Å². The fourth-order valence-corrected chi connectivity index (χ4v) is 3.89. The number of aryl methyl sites for hydroxylation is 1. The molecular formula is C21H20N2O2S2. The molecule has 3 aromatic rings. The van der Waals surface area contributed by atoms with E-state index in [1.165, 1.54) is 11.3 Å². The fourth-order valence-electron chi connectivity index (χ4n) is 2.56. The van der Waals surface area contributed by atoms with E-state index in [9.17, 15) is 4.79 Å². The van der Waals surface area contributed by atoms with Crippen molar-refractivity contribution in [1.29, 1.82) is 0 Å². The van der Waals surface area contributed by atoms with Gasteiger partial charge in [0.15, 0.2) is 5.11 Å². The normalized spacial score (nSPS) is 10.3. The number of para-hydroxylation sites is 1. The Morgan fingerprint density at radius 1 is 1.07 bits per heavy atom. The van der Waals surface area contributed by atoms with Crippen molar-refractivity contribution in [2.24, 2.45) is 0 Å². The van der Waals surface area contributed by atoms with Gasteiger partial charge < -0.3 is 15.4 Å². The van der Waals surface area contributed by atoms with Crippen molar-refractivity contribution in [2.75, 3.05) is 17.2 Å². The van der Waals surface area contributed by atoms with Crippen LogP contribution >= 0.6 is 23.6 Å². The molecule has 27 heavy (non-hydrogen) atoms. The molecule has 0 aliphatic heterocycles. The van der Waals surface area contributed by atoms with Crippen molar-refractivity contribution in [3.05, 3.63) is 71.8 Å². The maximum atomic E-state index is 12.4. The molecule has 138 valence electrons. The van der Waals surface area contributed by atoms with Gasteiger partial charge in [0, 0.05) is 10.6 Å². The lowest BCUT2D eigenvalue weighted by atomic mass is 10.1. The van der Waals surface area contributed by atoms with E-state index >= 15 is 0 Å². The Bertz CT molecular complexity index is 952. The van der Waals surface area contributed by atoms with Gasteiger partial charge in [0.05, 0.1) is 12.2 Å². The summed E-state index contributed by atoms with van der Waals surface area (Å²) >= 11 is 6.92. The van der Waals surface area contributed by atoms with E-state index in [1.807, 2.05) is 67.6 Å². The van der Waals surface area contributed by atoms with Crippen LogP contribution in [0.2, 0.25) is 0 Å². The molecule has 0 amide bonds. The summed E-state index contributed by atoms with van der Waals surface area (Å²) < 4.78 is 5.20. The van der Waals surface area contributed by atoms with Gasteiger partial charge in [0.25, 0.3) is 0 Å². The highest BCUT2D eigenvalue weighted by molar-refractivity contribution is 7.80. The molecule has 0 aliphatic carbocycles. The third kappa shape index (κ3) is 4.72. The second-order valence-electron chi connectivity index (χ2n) is 5.83. The second-order valence-corrected chi connectivity index (χ2v) is 7.29. The number of thiocarbonyl (C=S) groups is 1. The number of ether oxygens (including phenoxy) is 1. The Morgan fingerprint density at radius 3 is 2.48 bits per heavy atom. The van der Waals surface area contributed by atoms with E-state index in [2.05, 4.69) is 10.6 Å². The van der Waals surface area contributed by atoms with Crippen LogP contribution < -0.4 is 10.6 Å². The van der Waals surface area contributed by atoms with Gasteiger partial charge in [-0.05, 0) is 49.3 Å². The minimum Gasteiger partial charge on any atom is -0.462 e. The molecule has 6 heteroatoms. The Labute approximate surface area is 168 Å². The van der Waals surface area contributed by atoms with Crippen LogP contribution in [0.5, 0.6) is 0 Å². The number of nitrogens with one attached hydrogen (secondary N) is 2. The SMILES string of the molecule is CCOC(=O)c1cc(-c2ccccc2)sc1NC(=S)Nc1ccccc1C. The molecule has 1 heterocycles. The number of carbonyl (C=O) groups is 1. The van der Waals surface area contributed by atoms with Crippen molar-refractivity contribution < 1.29 is 9.53 Å². The Balaban J connectivity index is 1.86. The van der Waals surface area contributed by atoms with E-state index in [0.717, 1.165) is 21.7 Å². The predicted octanol–water partition coefficient (Wildman–Crippen LogP) is 5.71. The quantitative estimate of drug-likeness (QED) is 0.427. The number of benzene rings is 2. The molecule has 0 atom stereocenters. The first-order valence-corrected chi connectivity index (χ1v) is 9.81. The molecule has 3 rings (SSSR count). The summed E-state index contributed by atoms with van der Waals surface area (Å²) in [6, 6.07) is 19.6. The second kappa shape index (κ2) is 8.79. The molecular weight excluding hydrogens is 376 g/mol. The molecule has 2 aromatic carbocycles. The fraction of sp³-hybridized carbons (Fsp3) is 0.143. The van der Waals surface area contributed by atoms with Crippen LogP contribution in [-0.2, 0) is 4.74 Å². The zero-order valence-corrected chi connectivity index (χ0v) is 16.7. The Kier molecular flexibility index (Phi) is 6.21. The van der Waals surface area contributed by atoms with E-state index in [0.29, 0.717) is 22.3 Å². The lowest BCUT2D eigenvalue weighted by Gasteiger charge is -2.12. The summed E-state index contributed by atoms with van der Waals surface area (Å²) in [5.41, 5.74) is 3.53. The average Bonchev–Trinajstić information content (AvgIpc) is 3.08. The minimum atomic E-state index is -0.364. The smallest absolute Gasteiger partial charge is 0.341 e. The van der Waals surface area contributed by atoms with Crippen molar-refractivity contribution in [3.8, 4) is 10.4 Å². The third-order valence-corrected chi connectivity index (χ3v) is 5.21. The molecule has 4 nitrogen and oxygen atoms in total. The van der Waals surface area contributed by atoms with Gasteiger partial charge in [-0.3, -0.25) is 0 Å². The molecule has 0 unspecified atom stereocenters. The van der Waals surface area contributed by atoms with Crippen LogP contribution in [0.25, 0.3) is 10.4 Å². The molecule has 2 N–H and O–H groups in total. The van der Waals surface area contributed by atoms with Crippen molar-refractivity contribution in [3.63, 3.8) is 0 Å². The number of carbonyl (C=O) groups excluding carboxylic acids is 1. The molecule has 0 aliphatic rings. The first-order chi connectivity index (χ1) is 13.1. The van der Waals surface area contributed by atoms with Crippen LogP contribution in [0, 0.1) is 6.92 Å². The zero-order chi connectivity index (χ0) is 19.2. The van der Waals surface area contributed by atoms with E-state index in [4.69, 9.17) is 17.0 Å². The summed E-state index contributed by atoms with van der Waals surface area (Å²) in [7, 11) is 0. The highest BCUT2D eigenvalue weighted by atomic mass is 32.1. The Morgan fingerprint density at radius 2 is 1.78 bits per heavy atom. The van der Waals surface area contributed by atoms with Gasteiger partial charge in [0.1, 0.15) is 5.00 Å². The molecule has 0 radical (unpaired) electrons. The van der Waals surface area contributed by atoms with Crippen molar-refractivity contribution in [2.45, 2.75) is 13.8 Å². The number of rotatable bonds is 5. The minimum absolute atomic E-state index is 0.320. The molecule has 0 saturated heterocycles. The predicted molar refractivity (Wildman–Crippen MR) is 117 cm³/mol. The maximum absolute atomic E-state index is 12.4. The van der Waals surface area contributed by atoms with E-state index in [1.54, 1.807) is 6.92 Å². The molecule has 0 bridgehead atoms. The van der Waals surface area contributed by atoms with Crippen molar-refractivity contribution in [1.82, 2.24) is 0 Å². The first kappa shape index (κ1) is 19.1. The summed E-state index contributed by atoms with van der Waals surface area (Å²) in [6.07, 6.45) is 0. The molecule has 0 spiro atoms. The molecule has 0 saturated carbocycles. The highest BCUT2D eigenvalue weighted by Crippen LogP contribution is 2.36. The highest BCUT2D eigenvalue weighted by Gasteiger charge is 2.19. The van der Waals surface area contributed by atoms with Crippen molar-refractivity contribution >= 4 is 45.3 Å². The number of anilines is 2. The number of hydrogen-bond acceptors (Lipinski definition) is 4. The van der Waals surface area contributed by atoms with Crippen LogP contribution in [0.15, 0.2) is 60.7 Å². The van der Waals surface area contributed by atoms with Gasteiger partial charge in [-0.1, -0.05) is 48.5 Å². The summed E-state index contributed by atoms with van der Waals surface area (Å²) in [4.78, 5) is 13.4. The number of thiophene rings is 1. The van der Waals surface area contributed by atoms with Crippen LogP contribution in [-0.4, -0.2) is 17.7 Å². The van der Waals surface area contributed by atoms with Crippen LogP contribution in [0.4, 0.5) is 10.7 Å². The van der Waals surface area contributed by atoms with Crippen LogP contribution in [0.3, 0.4) is 0 Å². The van der Waals surface area contributed by atoms with Gasteiger partial charge in [-0.25, -0.2) is 4.79 Å². The number of hydrogen-bond donors (Lipinski definition) is 2. The number of esters is 1. The van der Waals surface area contributed by atoms with Gasteiger partial charge in [0.2, 0.25) is 0 Å². The molecule has 1 aromatic heterocycles. The summed E-state index contributed by atoms with van der Waals surface area (Å²) in [6.45, 7) is 4.12. The largest absolute Gasteiger partial charge is 0.462 e.